The lowest BCUT2D eigenvalue weighted by Gasteiger charge is -2.16. The Morgan fingerprint density at radius 3 is 2.85 bits per heavy atom. The van der Waals surface area contributed by atoms with E-state index in [-0.39, 0.29) is 0 Å². The van der Waals surface area contributed by atoms with Gasteiger partial charge in [0.05, 0.1) is 10.0 Å². The zero-order valence-corrected chi connectivity index (χ0v) is 13.7. The number of hydrogen-bond acceptors (Lipinski definition) is 4. The Kier molecular flexibility index (Phi) is 5.66. The van der Waals surface area contributed by atoms with Gasteiger partial charge in [0, 0.05) is 35.3 Å². The summed E-state index contributed by atoms with van der Waals surface area (Å²) < 4.78 is 5.66. The minimum Gasteiger partial charge on any atom is -0.491 e. The first-order chi connectivity index (χ1) is 9.54. The Morgan fingerprint density at radius 1 is 1.35 bits per heavy atom. The Balaban J connectivity index is 1.79. The van der Waals surface area contributed by atoms with Gasteiger partial charge in [-0.25, -0.2) is 4.98 Å². The van der Waals surface area contributed by atoms with Crippen molar-refractivity contribution in [2.24, 2.45) is 0 Å². The third kappa shape index (κ3) is 4.63. The van der Waals surface area contributed by atoms with Crippen LogP contribution in [0.15, 0.2) is 24.4 Å². The second kappa shape index (κ2) is 7.27. The van der Waals surface area contributed by atoms with Gasteiger partial charge in [0.1, 0.15) is 12.4 Å². The number of nitrogens with zero attached hydrogens (tertiary/aromatic N) is 2. The number of hydrogen-bond donors (Lipinski definition) is 0. The van der Waals surface area contributed by atoms with Crippen molar-refractivity contribution in [1.82, 2.24) is 9.88 Å². The van der Waals surface area contributed by atoms with Crippen LogP contribution in [0.3, 0.4) is 0 Å². The van der Waals surface area contributed by atoms with Crippen LogP contribution in [-0.2, 0) is 6.54 Å². The second-order valence-corrected chi connectivity index (χ2v) is 6.67. The predicted octanol–water partition coefficient (Wildman–Crippen LogP) is 4.27. The van der Waals surface area contributed by atoms with Crippen LogP contribution < -0.4 is 4.74 Å². The third-order valence-corrected chi connectivity index (χ3v) is 4.16. The quantitative estimate of drug-likeness (QED) is 0.790. The zero-order chi connectivity index (χ0) is 14.5. The largest absolute Gasteiger partial charge is 0.491 e. The lowest BCUT2D eigenvalue weighted by Crippen LogP contribution is -2.23. The normalized spacial score (nSPS) is 11.1. The van der Waals surface area contributed by atoms with Crippen LogP contribution >= 0.6 is 34.5 Å². The SMILES string of the molecule is Cc1ncc(CN(C)CCOc2cc(Cl)ccc2Cl)s1. The molecule has 0 spiro atoms. The molecular formula is C14H16Cl2N2OS. The summed E-state index contributed by atoms with van der Waals surface area (Å²) in [6.07, 6.45) is 1.92. The van der Waals surface area contributed by atoms with E-state index in [0.717, 1.165) is 18.1 Å². The molecule has 0 fully saturated rings. The molecule has 0 saturated carbocycles. The number of likely N-dealkylation sites (N-methyl/N-ethyl adjacent to an activating group) is 1. The number of halogens is 2. The molecule has 1 aromatic heterocycles. The monoisotopic (exact) mass is 330 g/mol. The topological polar surface area (TPSA) is 25.4 Å². The van der Waals surface area contributed by atoms with E-state index < -0.39 is 0 Å². The highest BCUT2D eigenvalue weighted by Gasteiger charge is 2.06. The van der Waals surface area contributed by atoms with Crippen LogP contribution in [0.5, 0.6) is 5.75 Å². The Morgan fingerprint density at radius 2 is 2.15 bits per heavy atom. The fourth-order valence-corrected chi connectivity index (χ4v) is 2.93. The standard InChI is InChI=1S/C14H16Cl2N2OS/c1-10-17-8-12(20-10)9-18(2)5-6-19-14-7-11(15)3-4-13(14)16/h3-4,7-8H,5-6,9H2,1-2H3. The number of rotatable bonds is 6. The first kappa shape index (κ1) is 15.6. The van der Waals surface area contributed by atoms with Gasteiger partial charge in [-0.2, -0.15) is 0 Å². The van der Waals surface area contributed by atoms with Crippen molar-refractivity contribution in [1.29, 1.82) is 0 Å². The zero-order valence-electron chi connectivity index (χ0n) is 11.4. The highest BCUT2D eigenvalue weighted by Crippen LogP contribution is 2.27. The minimum absolute atomic E-state index is 0.564. The van der Waals surface area contributed by atoms with Crippen LogP contribution in [0.1, 0.15) is 9.88 Å². The van der Waals surface area contributed by atoms with Crippen molar-refractivity contribution in [3.05, 3.63) is 44.3 Å². The van der Waals surface area contributed by atoms with Gasteiger partial charge in [-0.3, -0.25) is 4.90 Å². The number of aryl methyl sites for hydroxylation is 1. The number of thiazole rings is 1. The van der Waals surface area contributed by atoms with Crippen molar-refractivity contribution in [2.45, 2.75) is 13.5 Å². The van der Waals surface area contributed by atoms with E-state index in [9.17, 15) is 0 Å². The van der Waals surface area contributed by atoms with Crippen molar-refractivity contribution in [2.75, 3.05) is 20.2 Å². The maximum atomic E-state index is 6.04. The summed E-state index contributed by atoms with van der Waals surface area (Å²) in [5.41, 5.74) is 0. The molecular weight excluding hydrogens is 315 g/mol. The maximum Gasteiger partial charge on any atom is 0.139 e. The van der Waals surface area contributed by atoms with Crippen LogP contribution in [0, 0.1) is 6.92 Å². The van der Waals surface area contributed by atoms with E-state index in [4.69, 9.17) is 27.9 Å². The second-order valence-electron chi connectivity index (χ2n) is 4.51. The van der Waals surface area contributed by atoms with Gasteiger partial charge in [-0.1, -0.05) is 23.2 Å². The van der Waals surface area contributed by atoms with E-state index in [0.29, 0.717) is 22.4 Å². The van der Waals surface area contributed by atoms with Crippen LogP contribution in [0.25, 0.3) is 0 Å². The fraction of sp³-hybridized carbons (Fsp3) is 0.357. The summed E-state index contributed by atoms with van der Waals surface area (Å²) in [6, 6.07) is 5.22. The lowest BCUT2D eigenvalue weighted by atomic mass is 10.3. The van der Waals surface area contributed by atoms with Crippen LogP contribution in [0.2, 0.25) is 10.0 Å². The van der Waals surface area contributed by atoms with Gasteiger partial charge in [0.2, 0.25) is 0 Å². The predicted molar refractivity (Wildman–Crippen MR) is 85.1 cm³/mol. The average Bonchev–Trinajstić information content (AvgIpc) is 2.79. The molecule has 0 amide bonds. The molecule has 0 N–H and O–H groups in total. The Bertz CT molecular complexity index is 574. The molecule has 0 saturated heterocycles. The van der Waals surface area contributed by atoms with Gasteiger partial charge in [0.15, 0.2) is 0 Å². The van der Waals surface area contributed by atoms with Gasteiger partial charge in [-0.05, 0) is 26.1 Å². The molecule has 0 radical (unpaired) electrons. The number of benzene rings is 1. The van der Waals surface area contributed by atoms with Gasteiger partial charge >= 0.3 is 0 Å². The van der Waals surface area contributed by atoms with Crippen molar-refractivity contribution >= 4 is 34.5 Å². The van der Waals surface area contributed by atoms with Crippen LogP contribution in [0.4, 0.5) is 0 Å². The maximum absolute atomic E-state index is 6.04. The van der Waals surface area contributed by atoms with E-state index in [2.05, 4.69) is 16.9 Å². The molecule has 108 valence electrons. The lowest BCUT2D eigenvalue weighted by molar-refractivity contribution is 0.234. The highest BCUT2D eigenvalue weighted by atomic mass is 35.5. The Labute approximate surface area is 133 Å². The summed E-state index contributed by atoms with van der Waals surface area (Å²) in [6.45, 7) is 4.25. The Hall–Kier alpha value is -0.810. The molecule has 20 heavy (non-hydrogen) atoms. The van der Waals surface area contributed by atoms with E-state index >= 15 is 0 Å². The summed E-state index contributed by atoms with van der Waals surface area (Å²) in [7, 11) is 2.05. The number of ether oxygens (including phenoxy) is 1. The van der Waals surface area contributed by atoms with Crippen LogP contribution in [-0.4, -0.2) is 30.1 Å². The smallest absolute Gasteiger partial charge is 0.139 e. The van der Waals surface area contributed by atoms with Crippen molar-refractivity contribution in [3.63, 3.8) is 0 Å². The summed E-state index contributed by atoms with van der Waals surface area (Å²) >= 11 is 13.7. The summed E-state index contributed by atoms with van der Waals surface area (Å²) in [5.74, 6) is 0.626. The van der Waals surface area contributed by atoms with Gasteiger partial charge in [-0.15, -0.1) is 11.3 Å². The molecule has 0 aliphatic rings. The molecule has 6 heteroatoms. The molecule has 1 aromatic carbocycles. The molecule has 3 nitrogen and oxygen atoms in total. The van der Waals surface area contributed by atoms with Gasteiger partial charge in [0.25, 0.3) is 0 Å². The van der Waals surface area contributed by atoms with E-state index in [1.807, 2.05) is 13.1 Å². The molecule has 0 aliphatic carbocycles. The van der Waals surface area contributed by atoms with Gasteiger partial charge < -0.3 is 4.74 Å². The average molecular weight is 331 g/mol. The molecule has 0 aliphatic heterocycles. The number of aromatic nitrogens is 1. The fourth-order valence-electron chi connectivity index (χ4n) is 1.72. The summed E-state index contributed by atoms with van der Waals surface area (Å²) in [4.78, 5) is 7.69. The van der Waals surface area contributed by atoms with E-state index in [1.165, 1.54) is 4.88 Å². The molecule has 1 heterocycles. The minimum atomic E-state index is 0.564. The van der Waals surface area contributed by atoms with Crippen molar-refractivity contribution < 1.29 is 4.74 Å². The van der Waals surface area contributed by atoms with E-state index in [1.54, 1.807) is 29.5 Å². The first-order valence-electron chi connectivity index (χ1n) is 6.22. The molecule has 0 atom stereocenters. The molecule has 0 bridgehead atoms. The third-order valence-electron chi connectivity index (χ3n) is 2.72. The summed E-state index contributed by atoms with van der Waals surface area (Å²) in [5, 5.41) is 2.29. The molecule has 2 aromatic rings. The van der Waals surface area contributed by atoms with Crippen molar-refractivity contribution in [3.8, 4) is 5.75 Å². The molecule has 2 rings (SSSR count). The highest BCUT2D eigenvalue weighted by molar-refractivity contribution is 7.11. The first-order valence-corrected chi connectivity index (χ1v) is 7.79. The molecule has 0 unspecified atom stereocenters.